The number of nitrogens with zero attached hydrogens (tertiary/aromatic N) is 1. The summed E-state index contributed by atoms with van der Waals surface area (Å²) < 4.78 is 5.19. The highest BCUT2D eigenvalue weighted by atomic mass is 32.1. The van der Waals surface area contributed by atoms with Crippen molar-refractivity contribution in [3.63, 3.8) is 0 Å². The molecule has 3 rings (SSSR count). The van der Waals surface area contributed by atoms with Gasteiger partial charge in [0.15, 0.2) is 0 Å². The van der Waals surface area contributed by atoms with Crippen LogP contribution in [0.25, 0.3) is 10.9 Å². The number of pyridine rings is 1. The molecule has 0 bridgehead atoms. The fourth-order valence-electron chi connectivity index (χ4n) is 1.96. The predicted molar refractivity (Wildman–Crippen MR) is 76.0 cm³/mol. The second kappa shape index (κ2) is 4.82. The molecule has 0 fully saturated rings. The summed E-state index contributed by atoms with van der Waals surface area (Å²) in [6, 6.07) is 11.2. The van der Waals surface area contributed by atoms with E-state index in [-0.39, 0.29) is 5.78 Å². The fourth-order valence-corrected chi connectivity index (χ4v) is 2.78. The van der Waals surface area contributed by atoms with Crippen LogP contribution in [0.5, 0.6) is 5.75 Å². The number of ketones is 1. The van der Waals surface area contributed by atoms with E-state index in [0.717, 1.165) is 10.9 Å². The van der Waals surface area contributed by atoms with E-state index < -0.39 is 0 Å². The average Bonchev–Trinajstić information content (AvgIpc) is 2.94. The van der Waals surface area contributed by atoms with E-state index in [4.69, 9.17) is 4.74 Å². The zero-order chi connectivity index (χ0) is 13.2. The molecule has 3 nitrogen and oxygen atoms in total. The molecule has 0 spiro atoms. The molecule has 0 saturated carbocycles. The average molecular weight is 269 g/mol. The van der Waals surface area contributed by atoms with Gasteiger partial charge in [0.25, 0.3) is 0 Å². The van der Waals surface area contributed by atoms with Crippen LogP contribution in [0.3, 0.4) is 0 Å². The monoisotopic (exact) mass is 269 g/mol. The van der Waals surface area contributed by atoms with E-state index in [2.05, 4.69) is 4.98 Å². The lowest BCUT2D eigenvalue weighted by Gasteiger charge is -2.03. The maximum absolute atomic E-state index is 12.4. The van der Waals surface area contributed by atoms with Crippen LogP contribution in [0.15, 0.2) is 48.0 Å². The molecule has 2 aromatic heterocycles. The largest absolute Gasteiger partial charge is 0.495 e. The number of benzene rings is 1. The first kappa shape index (κ1) is 11.9. The van der Waals surface area contributed by atoms with Crippen molar-refractivity contribution >= 4 is 28.0 Å². The first-order chi connectivity index (χ1) is 9.29. The SMILES string of the molecule is COc1ccsc1C(=O)c1ccc2cccnc2c1. The van der Waals surface area contributed by atoms with Crippen LogP contribution in [0.1, 0.15) is 15.2 Å². The number of thiophene rings is 1. The fraction of sp³-hybridized carbons (Fsp3) is 0.0667. The van der Waals surface area contributed by atoms with Crippen molar-refractivity contribution in [2.45, 2.75) is 0 Å². The maximum Gasteiger partial charge on any atom is 0.206 e. The van der Waals surface area contributed by atoms with Gasteiger partial charge >= 0.3 is 0 Å². The first-order valence-corrected chi connectivity index (χ1v) is 6.68. The molecule has 3 aromatic rings. The Hall–Kier alpha value is -2.20. The van der Waals surface area contributed by atoms with Crippen LogP contribution in [0, 0.1) is 0 Å². The Morgan fingerprint density at radius 3 is 3.00 bits per heavy atom. The Bertz CT molecular complexity index is 748. The summed E-state index contributed by atoms with van der Waals surface area (Å²) in [6.07, 6.45) is 1.72. The molecule has 0 saturated heterocycles. The Morgan fingerprint density at radius 1 is 1.26 bits per heavy atom. The molecule has 1 aromatic carbocycles. The predicted octanol–water partition coefficient (Wildman–Crippen LogP) is 3.54. The van der Waals surface area contributed by atoms with Crippen molar-refractivity contribution in [3.05, 3.63) is 58.4 Å². The third-order valence-electron chi connectivity index (χ3n) is 2.92. The van der Waals surface area contributed by atoms with Crippen LogP contribution in [0.4, 0.5) is 0 Å². The number of rotatable bonds is 3. The molecule has 0 radical (unpaired) electrons. The van der Waals surface area contributed by atoms with Gasteiger partial charge in [-0.2, -0.15) is 0 Å². The van der Waals surface area contributed by atoms with Crippen molar-refractivity contribution in [3.8, 4) is 5.75 Å². The summed E-state index contributed by atoms with van der Waals surface area (Å²) in [5.74, 6) is 0.593. The van der Waals surface area contributed by atoms with Gasteiger partial charge in [0.2, 0.25) is 5.78 Å². The molecule has 19 heavy (non-hydrogen) atoms. The number of hydrogen-bond donors (Lipinski definition) is 0. The molecule has 94 valence electrons. The minimum absolute atomic E-state index is 0.0283. The van der Waals surface area contributed by atoms with Gasteiger partial charge in [0.05, 0.1) is 12.6 Å². The normalized spacial score (nSPS) is 10.6. The lowest BCUT2D eigenvalue weighted by atomic mass is 10.1. The lowest BCUT2D eigenvalue weighted by molar-refractivity contribution is 0.104. The van der Waals surface area contributed by atoms with Gasteiger partial charge < -0.3 is 4.74 Å². The topological polar surface area (TPSA) is 39.2 Å². The summed E-state index contributed by atoms with van der Waals surface area (Å²) in [7, 11) is 1.57. The third-order valence-corrected chi connectivity index (χ3v) is 3.82. The van der Waals surface area contributed by atoms with E-state index in [1.165, 1.54) is 11.3 Å². The van der Waals surface area contributed by atoms with Gasteiger partial charge in [-0.05, 0) is 23.6 Å². The summed E-state index contributed by atoms with van der Waals surface area (Å²) in [6.45, 7) is 0. The second-order valence-electron chi connectivity index (χ2n) is 4.06. The van der Waals surface area contributed by atoms with Gasteiger partial charge in [-0.1, -0.05) is 18.2 Å². The van der Waals surface area contributed by atoms with Crippen LogP contribution in [0.2, 0.25) is 0 Å². The molecular formula is C15H11NO2S. The highest BCUT2D eigenvalue weighted by molar-refractivity contribution is 7.12. The van der Waals surface area contributed by atoms with E-state index in [1.807, 2.05) is 35.7 Å². The molecular weight excluding hydrogens is 258 g/mol. The zero-order valence-electron chi connectivity index (χ0n) is 10.3. The lowest BCUT2D eigenvalue weighted by Crippen LogP contribution is -2.00. The second-order valence-corrected chi connectivity index (χ2v) is 4.97. The number of carbonyl (C=O) groups is 1. The number of ether oxygens (including phenoxy) is 1. The number of fused-ring (bicyclic) bond motifs is 1. The molecule has 0 N–H and O–H groups in total. The van der Waals surface area contributed by atoms with Gasteiger partial charge in [-0.25, -0.2) is 0 Å². The molecule has 0 aliphatic heterocycles. The van der Waals surface area contributed by atoms with Gasteiger partial charge in [-0.15, -0.1) is 11.3 Å². The standard InChI is InChI=1S/C15H11NO2S/c1-18-13-6-8-19-15(13)14(17)11-5-4-10-3-2-7-16-12(10)9-11/h2-9H,1H3. The number of aromatic nitrogens is 1. The van der Waals surface area contributed by atoms with E-state index >= 15 is 0 Å². The molecule has 4 heteroatoms. The summed E-state index contributed by atoms with van der Waals surface area (Å²) in [5.41, 5.74) is 1.45. The van der Waals surface area contributed by atoms with Crippen LogP contribution in [-0.4, -0.2) is 17.9 Å². The highest BCUT2D eigenvalue weighted by Gasteiger charge is 2.16. The van der Waals surface area contributed by atoms with Crippen molar-refractivity contribution in [1.29, 1.82) is 0 Å². The quantitative estimate of drug-likeness (QED) is 0.683. The summed E-state index contributed by atoms with van der Waals surface area (Å²) >= 11 is 1.39. The highest BCUT2D eigenvalue weighted by Crippen LogP contribution is 2.27. The van der Waals surface area contributed by atoms with Gasteiger partial charge in [0.1, 0.15) is 10.6 Å². The minimum Gasteiger partial charge on any atom is -0.495 e. The smallest absolute Gasteiger partial charge is 0.206 e. The number of methoxy groups -OCH3 is 1. The van der Waals surface area contributed by atoms with Crippen LogP contribution >= 0.6 is 11.3 Å². The molecule has 0 aliphatic rings. The van der Waals surface area contributed by atoms with E-state index in [1.54, 1.807) is 19.4 Å². The summed E-state index contributed by atoms with van der Waals surface area (Å²) in [4.78, 5) is 17.3. The molecule has 0 aliphatic carbocycles. The van der Waals surface area contributed by atoms with Crippen molar-refractivity contribution < 1.29 is 9.53 Å². The Kier molecular flexibility index (Phi) is 3.01. The van der Waals surface area contributed by atoms with Crippen molar-refractivity contribution in [2.75, 3.05) is 7.11 Å². The number of carbonyl (C=O) groups excluding carboxylic acids is 1. The van der Waals surface area contributed by atoms with Crippen molar-refractivity contribution in [2.24, 2.45) is 0 Å². The van der Waals surface area contributed by atoms with Gasteiger partial charge in [0, 0.05) is 17.1 Å². The Balaban J connectivity index is 2.06. The van der Waals surface area contributed by atoms with E-state index in [9.17, 15) is 4.79 Å². The Labute approximate surface area is 114 Å². The third kappa shape index (κ3) is 2.11. The first-order valence-electron chi connectivity index (χ1n) is 5.80. The Morgan fingerprint density at radius 2 is 2.16 bits per heavy atom. The minimum atomic E-state index is -0.0283. The zero-order valence-corrected chi connectivity index (χ0v) is 11.1. The van der Waals surface area contributed by atoms with Crippen LogP contribution < -0.4 is 4.74 Å². The number of hydrogen-bond acceptors (Lipinski definition) is 4. The van der Waals surface area contributed by atoms with Gasteiger partial charge in [-0.3, -0.25) is 9.78 Å². The molecule has 2 heterocycles. The summed E-state index contributed by atoms with van der Waals surface area (Å²) in [5, 5.41) is 2.88. The molecule has 0 amide bonds. The van der Waals surface area contributed by atoms with Crippen molar-refractivity contribution in [1.82, 2.24) is 4.98 Å². The molecule has 0 atom stereocenters. The maximum atomic E-state index is 12.4. The molecule has 0 unspecified atom stereocenters. The van der Waals surface area contributed by atoms with E-state index in [0.29, 0.717) is 16.2 Å². The van der Waals surface area contributed by atoms with Crippen LogP contribution in [-0.2, 0) is 0 Å².